The Morgan fingerprint density at radius 1 is 0.846 bits per heavy atom. The first-order chi connectivity index (χ1) is 19.0. The number of rotatable bonds is 7. The van der Waals surface area contributed by atoms with E-state index >= 15 is 0 Å². The number of anilines is 2. The van der Waals surface area contributed by atoms with Crippen LogP contribution in [0.25, 0.3) is 5.57 Å². The highest BCUT2D eigenvalue weighted by atomic mass is 16.5. The van der Waals surface area contributed by atoms with Gasteiger partial charge in [0.2, 0.25) is 0 Å². The van der Waals surface area contributed by atoms with Crippen molar-refractivity contribution in [2.75, 3.05) is 17.2 Å². The maximum atomic E-state index is 13.0. The number of hydrogen-bond acceptors (Lipinski definition) is 6. The van der Waals surface area contributed by atoms with Crippen molar-refractivity contribution < 1.29 is 23.4 Å². The number of nitrogens with one attached hydrogen (secondary N) is 3. The molecule has 0 atom stereocenters. The summed E-state index contributed by atoms with van der Waals surface area (Å²) in [6.07, 6.45) is 10.1. The second-order valence-corrected chi connectivity index (χ2v) is 8.17. The van der Waals surface area contributed by atoms with E-state index < -0.39 is 17.8 Å². The van der Waals surface area contributed by atoms with E-state index in [1.807, 2.05) is 12.1 Å². The molecule has 9 nitrogen and oxygen atoms in total. The molecule has 194 valence electrons. The highest BCUT2D eigenvalue weighted by Gasteiger charge is 2.30. The molecule has 1 aromatic heterocycles. The molecule has 9 heteroatoms. The van der Waals surface area contributed by atoms with Crippen molar-refractivity contribution >= 4 is 40.6 Å². The largest absolute Gasteiger partial charge is 0.458 e. The van der Waals surface area contributed by atoms with E-state index in [1.165, 1.54) is 9.14 Å². The van der Waals surface area contributed by atoms with Gasteiger partial charge in [0.1, 0.15) is 0 Å². The fourth-order valence-corrected chi connectivity index (χ4v) is 3.71. The molecule has 0 bridgehead atoms. The predicted molar refractivity (Wildman–Crippen MR) is 146 cm³/mol. The molecule has 1 aliphatic heterocycles. The van der Waals surface area contributed by atoms with Gasteiger partial charge in [-0.2, -0.15) is 4.24 Å². The SMILES string of the molecule is CCOC(=O)C(C(=O)Nc1ccccc1)=[n+]1ccc(=C2C=CN(C(=C=N)C(=O)Nc3ccccc3)C=C2)cc1. The molecule has 0 saturated heterocycles. The van der Waals surface area contributed by atoms with Crippen LogP contribution in [0.3, 0.4) is 0 Å². The molecule has 0 fully saturated rings. The van der Waals surface area contributed by atoms with Gasteiger partial charge in [0.15, 0.2) is 18.1 Å². The average molecular weight is 521 g/mol. The van der Waals surface area contributed by atoms with Crippen molar-refractivity contribution in [1.29, 1.82) is 5.41 Å². The Kier molecular flexibility index (Phi) is 8.59. The van der Waals surface area contributed by atoms with Gasteiger partial charge < -0.3 is 20.3 Å². The first-order valence-electron chi connectivity index (χ1n) is 12.1. The lowest BCUT2D eigenvalue weighted by molar-refractivity contribution is -0.516. The minimum Gasteiger partial charge on any atom is -0.458 e. The smallest absolute Gasteiger partial charge is 0.410 e. The molecule has 0 radical (unpaired) electrons. The maximum Gasteiger partial charge on any atom is 0.410 e. The molecule has 0 aliphatic carbocycles. The van der Waals surface area contributed by atoms with Crippen molar-refractivity contribution in [2.24, 2.45) is 0 Å². The minimum atomic E-state index is -0.746. The average Bonchev–Trinajstić information content (AvgIpc) is 2.96. The van der Waals surface area contributed by atoms with Gasteiger partial charge in [-0.15, -0.1) is 0 Å². The number of nitrogens with zero attached hydrogens (tertiary/aromatic N) is 2. The number of benzene rings is 2. The van der Waals surface area contributed by atoms with Crippen LogP contribution < -0.4 is 20.1 Å². The van der Waals surface area contributed by atoms with Crippen LogP contribution in [0.4, 0.5) is 11.4 Å². The van der Waals surface area contributed by atoms with Crippen LogP contribution in [0.1, 0.15) is 6.92 Å². The molecule has 4 rings (SSSR count). The van der Waals surface area contributed by atoms with Crippen molar-refractivity contribution in [3.8, 4) is 0 Å². The summed E-state index contributed by atoms with van der Waals surface area (Å²) in [5.74, 6) is 0.384. The van der Waals surface area contributed by atoms with E-state index in [0.29, 0.717) is 11.4 Å². The highest BCUT2D eigenvalue weighted by molar-refractivity contribution is 6.13. The number of pyridine rings is 1. The number of carbonyl (C=O) groups excluding carboxylic acids is 3. The minimum absolute atomic E-state index is 0.0226. The Morgan fingerprint density at radius 3 is 1.90 bits per heavy atom. The number of allylic oxidation sites excluding steroid dienone is 2. The van der Waals surface area contributed by atoms with E-state index in [2.05, 4.69) is 16.5 Å². The standard InChI is InChI=1S/C30H25N5O4/c1-2-39-30(38)27(29(37)33-25-11-7-4-8-12-25)35-19-15-23(16-20-35)22-13-17-34(18-14-22)26(21-31)28(36)32-24-9-5-3-6-10-24/h3-20,31H,2H2,1H3,(H-,32,33,36,37)/p+1. The molecule has 0 saturated carbocycles. The van der Waals surface area contributed by atoms with Gasteiger partial charge in [-0.25, -0.2) is 4.79 Å². The fourth-order valence-electron chi connectivity index (χ4n) is 3.71. The maximum absolute atomic E-state index is 13.0. The zero-order chi connectivity index (χ0) is 27.6. The summed E-state index contributed by atoms with van der Waals surface area (Å²) < 4.78 is 6.53. The summed E-state index contributed by atoms with van der Waals surface area (Å²) in [6.45, 7) is 1.80. The normalized spacial score (nSPS) is 11.8. The Hall–Kier alpha value is -5.53. The topological polar surface area (TPSA) is 117 Å². The molecule has 2 heterocycles. The van der Waals surface area contributed by atoms with Gasteiger partial charge >= 0.3 is 17.6 Å². The van der Waals surface area contributed by atoms with Gasteiger partial charge in [-0.05, 0) is 54.1 Å². The summed E-state index contributed by atoms with van der Waals surface area (Å²) >= 11 is 0. The number of amides is 2. The lowest BCUT2D eigenvalue weighted by atomic mass is 10.1. The molecule has 3 aromatic rings. The molecular weight excluding hydrogens is 494 g/mol. The number of ether oxygens (including phenoxy) is 1. The lowest BCUT2D eigenvalue weighted by Gasteiger charge is -2.19. The van der Waals surface area contributed by atoms with E-state index in [0.717, 1.165) is 10.8 Å². The zero-order valence-corrected chi connectivity index (χ0v) is 21.1. The van der Waals surface area contributed by atoms with Crippen LogP contribution in [0, 0.1) is 11.1 Å². The van der Waals surface area contributed by atoms with Crippen molar-refractivity contribution in [2.45, 2.75) is 6.92 Å². The number of esters is 1. The summed E-state index contributed by atoms with van der Waals surface area (Å²) in [5.41, 5.74) is 1.83. The number of hydrogen-bond donors (Lipinski definition) is 3. The van der Waals surface area contributed by atoms with E-state index in [-0.39, 0.29) is 18.0 Å². The Morgan fingerprint density at radius 2 is 1.38 bits per heavy atom. The lowest BCUT2D eigenvalue weighted by Crippen LogP contribution is -2.37. The van der Waals surface area contributed by atoms with Crippen LogP contribution in [0.5, 0.6) is 0 Å². The molecule has 2 amide bonds. The van der Waals surface area contributed by atoms with Crippen LogP contribution in [0.2, 0.25) is 0 Å². The van der Waals surface area contributed by atoms with E-state index in [1.54, 1.807) is 105 Å². The third-order valence-corrected chi connectivity index (χ3v) is 5.59. The van der Waals surface area contributed by atoms with Gasteiger partial charge in [-0.3, -0.25) is 15.0 Å². The number of aromatic nitrogens is 1. The summed E-state index contributed by atoms with van der Waals surface area (Å²) in [7, 11) is 0. The van der Waals surface area contributed by atoms with Crippen LogP contribution >= 0.6 is 0 Å². The van der Waals surface area contributed by atoms with E-state index in [4.69, 9.17) is 10.1 Å². The first-order valence-corrected chi connectivity index (χ1v) is 12.1. The Balaban J connectivity index is 1.58. The second-order valence-electron chi connectivity index (χ2n) is 8.17. The molecular formula is C30H26N5O4+. The number of carbonyl (C=O) groups is 3. The van der Waals surface area contributed by atoms with Crippen molar-refractivity contribution in [3.05, 3.63) is 126 Å². The first kappa shape index (κ1) is 26.5. The second kappa shape index (κ2) is 12.6. The molecule has 2 aromatic carbocycles. The molecule has 0 spiro atoms. The van der Waals surface area contributed by atoms with Gasteiger partial charge in [0.05, 0.1) is 6.61 Å². The van der Waals surface area contributed by atoms with Gasteiger partial charge in [0.25, 0.3) is 5.91 Å². The van der Waals surface area contributed by atoms with Gasteiger partial charge in [0, 0.05) is 41.8 Å². The van der Waals surface area contributed by atoms with Crippen molar-refractivity contribution in [1.82, 2.24) is 4.90 Å². The van der Waals surface area contributed by atoms with Crippen LogP contribution in [-0.4, -0.2) is 35.2 Å². The monoisotopic (exact) mass is 520 g/mol. The zero-order valence-electron chi connectivity index (χ0n) is 21.1. The van der Waals surface area contributed by atoms with Crippen LogP contribution in [-0.2, 0) is 19.1 Å². The Bertz CT molecular complexity index is 1580. The summed E-state index contributed by atoms with van der Waals surface area (Å²) in [5, 5.41) is 13.9. The number of para-hydroxylation sites is 2. The quantitative estimate of drug-likeness (QED) is 0.146. The summed E-state index contributed by atoms with van der Waals surface area (Å²) in [6, 6.07) is 21.3. The van der Waals surface area contributed by atoms with Crippen molar-refractivity contribution in [3.63, 3.8) is 0 Å². The third-order valence-electron chi connectivity index (χ3n) is 5.59. The summed E-state index contributed by atoms with van der Waals surface area (Å²) in [4.78, 5) is 39.7. The molecule has 3 N–H and O–H groups in total. The highest BCUT2D eigenvalue weighted by Crippen LogP contribution is 2.15. The van der Waals surface area contributed by atoms with Crippen LogP contribution in [0.15, 0.2) is 115 Å². The fraction of sp³-hybridized carbons (Fsp3) is 0.0667. The van der Waals surface area contributed by atoms with Gasteiger partial charge in [-0.1, -0.05) is 36.4 Å². The molecule has 39 heavy (non-hydrogen) atoms. The third kappa shape index (κ3) is 6.62. The molecule has 1 aliphatic rings. The Labute approximate surface area is 224 Å². The molecule has 0 unspecified atom stereocenters. The van der Waals surface area contributed by atoms with E-state index in [9.17, 15) is 14.4 Å². The predicted octanol–water partition coefficient (Wildman–Crippen LogP) is 2.82.